The lowest BCUT2D eigenvalue weighted by Gasteiger charge is -2.25. The lowest BCUT2D eigenvalue weighted by Crippen LogP contribution is -2.34. The van der Waals surface area contributed by atoms with E-state index in [9.17, 15) is 4.79 Å². The smallest absolute Gasteiger partial charge is 0.221 e. The first kappa shape index (κ1) is 12.5. The van der Waals surface area contributed by atoms with E-state index in [1.807, 2.05) is 0 Å². The zero-order valence-electron chi connectivity index (χ0n) is 9.50. The lowest BCUT2D eigenvalue weighted by atomic mass is 10.1. The molecule has 0 aromatic heterocycles. The van der Waals surface area contributed by atoms with E-state index in [-0.39, 0.29) is 5.91 Å². The highest BCUT2D eigenvalue weighted by Gasteiger charge is 2.10. The Labute approximate surface area is 92.2 Å². The third-order valence-electron chi connectivity index (χ3n) is 2.81. The molecule has 15 heavy (non-hydrogen) atoms. The summed E-state index contributed by atoms with van der Waals surface area (Å²) in [6, 6.07) is 0. The normalized spacial score (nSPS) is 17.7. The van der Waals surface area contributed by atoms with E-state index in [1.54, 1.807) is 0 Å². The van der Waals surface area contributed by atoms with Crippen LogP contribution in [0.25, 0.3) is 0 Å². The molecule has 3 N–H and O–H groups in total. The van der Waals surface area contributed by atoms with Crippen molar-refractivity contribution < 1.29 is 4.79 Å². The molecule has 1 rings (SSSR count). The molecule has 1 heterocycles. The highest BCUT2D eigenvalue weighted by Crippen LogP contribution is 2.08. The van der Waals surface area contributed by atoms with Gasteiger partial charge in [-0.05, 0) is 38.9 Å². The predicted molar refractivity (Wildman–Crippen MR) is 61.6 cm³/mol. The van der Waals surface area contributed by atoms with Gasteiger partial charge in [0.1, 0.15) is 0 Å². The number of likely N-dealkylation sites (tertiary alicyclic amines) is 1. The van der Waals surface area contributed by atoms with Crippen molar-refractivity contribution in [3.63, 3.8) is 0 Å². The van der Waals surface area contributed by atoms with Gasteiger partial charge in [-0.1, -0.05) is 6.42 Å². The van der Waals surface area contributed by atoms with Crippen molar-refractivity contribution in [2.75, 3.05) is 32.7 Å². The van der Waals surface area contributed by atoms with E-state index in [0.29, 0.717) is 13.0 Å². The van der Waals surface area contributed by atoms with Crippen LogP contribution in [0.3, 0.4) is 0 Å². The maximum atomic E-state index is 11.4. The second kappa shape index (κ2) is 7.65. The summed E-state index contributed by atoms with van der Waals surface area (Å²) in [6.45, 7) is 4.60. The Morgan fingerprint density at radius 2 is 2.00 bits per heavy atom. The van der Waals surface area contributed by atoms with Gasteiger partial charge in [0, 0.05) is 19.5 Å². The molecule has 1 aliphatic heterocycles. The third-order valence-corrected chi connectivity index (χ3v) is 2.81. The molecule has 1 amide bonds. The zero-order valence-corrected chi connectivity index (χ0v) is 9.50. The van der Waals surface area contributed by atoms with Crippen LogP contribution in [0.15, 0.2) is 0 Å². The zero-order chi connectivity index (χ0) is 10.9. The Hall–Kier alpha value is -0.610. The van der Waals surface area contributed by atoms with Gasteiger partial charge in [-0.3, -0.25) is 4.79 Å². The van der Waals surface area contributed by atoms with Crippen LogP contribution >= 0.6 is 0 Å². The monoisotopic (exact) mass is 213 g/mol. The molecule has 0 aliphatic carbocycles. The molecule has 0 spiro atoms. The molecular weight excluding hydrogens is 190 g/mol. The van der Waals surface area contributed by atoms with E-state index in [2.05, 4.69) is 10.2 Å². The number of nitrogens with two attached hydrogens (primary N) is 1. The number of nitrogens with zero attached hydrogens (tertiary/aromatic N) is 1. The van der Waals surface area contributed by atoms with E-state index >= 15 is 0 Å². The fourth-order valence-electron chi connectivity index (χ4n) is 1.86. The number of piperidine rings is 1. The van der Waals surface area contributed by atoms with Crippen molar-refractivity contribution in [2.45, 2.75) is 32.1 Å². The summed E-state index contributed by atoms with van der Waals surface area (Å²) >= 11 is 0. The molecule has 4 heteroatoms. The van der Waals surface area contributed by atoms with Gasteiger partial charge in [-0.25, -0.2) is 0 Å². The van der Waals surface area contributed by atoms with Gasteiger partial charge in [0.25, 0.3) is 0 Å². The fourth-order valence-corrected chi connectivity index (χ4v) is 1.86. The number of carbonyl (C=O) groups is 1. The highest BCUT2D eigenvalue weighted by molar-refractivity contribution is 5.75. The van der Waals surface area contributed by atoms with Crippen molar-refractivity contribution in [2.24, 2.45) is 5.73 Å². The summed E-state index contributed by atoms with van der Waals surface area (Å²) in [5.74, 6) is 0.161. The third kappa shape index (κ3) is 5.74. The Morgan fingerprint density at radius 3 is 2.67 bits per heavy atom. The van der Waals surface area contributed by atoms with Crippen molar-refractivity contribution in [1.82, 2.24) is 10.2 Å². The average Bonchev–Trinajstić information content (AvgIpc) is 2.28. The number of hydrogen-bond donors (Lipinski definition) is 2. The average molecular weight is 213 g/mol. The standard InChI is InChI=1S/C11H23N3O/c12-6-4-7-13-11(15)5-10-14-8-2-1-3-9-14/h1-10,12H2,(H,13,15). The first-order valence-corrected chi connectivity index (χ1v) is 6.02. The second-order valence-corrected chi connectivity index (χ2v) is 4.14. The van der Waals surface area contributed by atoms with E-state index in [1.165, 1.54) is 19.3 Å². The molecular formula is C11H23N3O. The first-order valence-electron chi connectivity index (χ1n) is 6.02. The first-order chi connectivity index (χ1) is 7.33. The van der Waals surface area contributed by atoms with Crippen molar-refractivity contribution >= 4 is 5.91 Å². The lowest BCUT2D eigenvalue weighted by molar-refractivity contribution is -0.121. The minimum absolute atomic E-state index is 0.161. The summed E-state index contributed by atoms with van der Waals surface area (Å²) in [5, 5.41) is 2.88. The molecule has 88 valence electrons. The second-order valence-electron chi connectivity index (χ2n) is 4.14. The van der Waals surface area contributed by atoms with Gasteiger partial charge in [-0.15, -0.1) is 0 Å². The van der Waals surface area contributed by atoms with Crippen LogP contribution in [0.1, 0.15) is 32.1 Å². The minimum atomic E-state index is 0.161. The maximum absolute atomic E-state index is 11.4. The minimum Gasteiger partial charge on any atom is -0.356 e. The van der Waals surface area contributed by atoms with Crippen LogP contribution in [0.5, 0.6) is 0 Å². The molecule has 1 aliphatic rings. The molecule has 0 aromatic rings. The number of carbonyl (C=O) groups excluding carboxylic acids is 1. The number of amides is 1. The number of nitrogens with one attached hydrogen (secondary N) is 1. The quantitative estimate of drug-likeness (QED) is 0.625. The molecule has 1 fully saturated rings. The van der Waals surface area contributed by atoms with Crippen molar-refractivity contribution in [1.29, 1.82) is 0 Å². The summed E-state index contributed by atoms with van der Waals surface area (Å²) in [4.78, 5) is 13.8. The van der Waals surface area contributed by atoms with Crippen molar-refractivity contribution in [3.05, 3.63) is 0 Å². The van der Waals surface area contributed by atoms with Crippen LogP contribution in [-0.4, -0.2) is 43.5 Å². The van der Waals surface area contributed by atoms with Gasteiger partial charge < -0.3 is 16.0 Å². The van der Waals surface area contributed by atoms with Gasteiger partial charge in [0.15, 0.2) is 0 Å². The molecule has 0 bridgehead atoms. The predicted octanol–water partition coefficient (Wildman–Crippen LogP) is 0.327. The Bertz CT molecular complexity index is 179. The molecule has 0 saturated carbocycles. The topological polar surface area (TPSA) is 58.4 Å². The summed E-state index contributed by atoms with van der Waals surface area (Å²) in [7, 11) is 0. The van der Waals surface area contributed by atoms with Gasteiger partial charge in [-0.2, -0.15) is 0 Å². The number of hydrogen-bond acceptors (Lipinski definition) is 3. The van der Waals surface area contributed by atoms with E-state index in [0.717, 1.165) is 32.6 Å². The van der Waals surface area contributed by atoms with E-state index in [4.69, 9.17) is 5.73 Å². The molecule has 0 atom stereocenters. The highest BCUT2D eigenvalue weighted by atomic mass is 16.1. The Balaban J connectivity index is 2.00. The van der Waals surface area contributed by atoms with E-state index < -0.39 is 0 Å². The molecule has 0 aromatic carbocycles. The SMILES string of the molecule is NCCCNC(=O)CCN1CCCCC1. The summed E-state index contributed by atoms with van der Waals surface area (Å²) < 4.78 is 0. The summed E-state index contributed by atoms with van der Waals surface area (Å²) in [5.41, 5.74) is 5.35. The van der Waals surface area contributed by atoms with Crippen LogP contribution in [0.4, 0.5) is 0 Å². The molecule has 0 radical (unpaired) electrons. The van der Waals surface area contributed by atoms with Crippen LogP contribution in [0, 0.1) is 0 Å². The Morgan fingerprint density at radius 1 is 1.27 bits per heavy atom. The van der Waals surface area contributed by atoms with Crippen LogP contribution in [-0.2, 0) is 4.79 Å². The van der Waals surface area contributed by atoms with Gasteiger partial charge in [0.05, 0.1) is 0 Å². The van der Waals surface area contributed by atoms with Gasteiger partial charge in [0.2, 0.25) is 5.91 Å². The Kier molecular flexibility index (Phi) is 6.36. The largest absolute Gasteiger partial charge is 0.356 e. The summed E-state index contributed by atoms with van der Waals surface area (Å²) in [6.07, 6.45) is 5.42. The molecule has 1 saturated heterocycles. The molecule has 4 nitrogen and oxygen atoms in total. The van der Waals surface area contributed by atoms with Crippen molar-refractivity contribution in [3.8, 4) is 0 Å². The fraction of sp³-hybridized carbons (Fsp3) is 0.909. The van der Waals surface area contributed by atoms with Crippen LogP contribution in [0.2, 0.25) is 0 Å². The maximum Gasteiger partial charge on any atom is 0.221 e. The van der Waals surface area contributed by atoms with Gasteiger partial charge >= 0.3 is 0 Å². The molecule has 0 unspecified atom stereocenters. The van der Waals surface area contributed by atoms with Crippen LogP contribution < -0.4 is 11.1 Å². The number of rotatable bonds is 6.